The number of amides is 1. The van der Waals surface area contributed by atoms with Crippen LogP contribution in [0, 0.1) is 0 Å². The van der Waals surface area contributed by atoms with E-state index < -0.39 is 0 Å². The number of hydrogen-bond acceptors (Lipinski definition) is 6. The lowest BCUT2D eigenvalue weighted by molar-refractivity contribution is 0.0668. The second-order valence-corrected chi connectivity index (χ2v) is 6.22. The van der Waals surface area contributed by atoms with Crippen molar-refractivity contribution in [1.29, 1.82) is 0 Å². The molecule has 1 saturated heterocycles. The van der Waals surface area contributed by atoms with Gasteiger partial charge in [-0.1, -0.05) is 0 Å². The first-order chi connectivity index (χ1) is 11.7. The van der Waals surface area contributed by atoms with Crippen LogP contribution in [0.25, 0.3) is 0 Å². The van der Waals surface area contributed by atoms with Crippen molar-refractivity contribution in [2.45, 2.75) is 13.0 Å². The van der Waals surface area contributed by atoms with Gasteiger partial charge in [0.1, 0.15) is 11.7 Å². The number of hydrogen-bond donors (Lipinski definition) is 0. The molecule has 0 saturated carbocycles. The standard InChI is InChI=1S/C17H20N6O/c1-13-11-19-16-10-15(20-12-23(13)16)21-6-8-22(9-7-21)17(24)14-2-4-18-5-3-14/h2-5,10,12-13H,6-9,11H2,1H3. The van der Waals surface area contributed by atoms with E-state index >= 15 is 0 Å². The van der Waals surface area contributed by atoms with E-state index in [1.165, 1.54) is 0 Å². The zero-order chi connectivity index (χ0) is 16.5. The molecule has 4 heterocycles. The molecule has 3 aliphatic rings. The van der Waals surface area contributed by atoms with Gasteiger partial charge in [-0.3, -0.25) is 14.8 Å². The van der Waals surface area contributed by atoms with Crippen molar-refractivity contribution in [3.05, 3.63) is 42.0 Å². The highest BCUT2D eigenvalue weighted by Gasteiger charge is 2.28. The predicted octanol–water partition coefficient (Wildman–Crippen LogP) is 0.825. The van der Waals surface area contributed by atoms with Crippen molar-refractivity contribution >= 4 is 18.1 Å². The Balaban J connectivity index is 1.39. The van der Waals surface area contributed by atoms with Crippen LogP contribution in [0.15, 0.2) is 46.4 Å². The number of nitrogens with zero attached hydrogens (tertiary/aromatic N) is 6. The van der Waals surface area contributed by atoms with Crippen LogP contribution in [0.1, 0.15) is 17.3 Å². The molecule has 7 nitrogen and oxygen atoms in total. The monoisotopic (exact) mass is 324 g/mol. The van der Waals surface area contributed by atoms with Crippen molar-refractivity contribution in [1.82, 2.24) is 19.7 Å². The number of fused-ring (bicyclic) bond motifs is 1. The summed E-state index contributed by atoms with van der Waals surface area (Å²) in [7, 11) is 0. The number of aromatic nitrogens is 1. The molecule has 1 unspecified atom stereocenters. The van der Waals surface area contributed by atoms with E-state index in [9.17, 15) is 4.79 Å². The van der Waals surface area contributed by atoms with Crippen molar-refractivity contribution in [3.63, 3.8) is 0 Å². The largest absolute Gasteiger partial charge is 0.353 e. The van der Waals surface area contributed by atoms with Gasteiger partial charge in [0.05, 0.1) is 18.9 Å². The predicted molar refractivity (Wildman–Crippen MR) is 91.9 cm³/mol. The first-order valence-electron chi connectivity index (χ1n) is 8.25. The van der Waals surface area contributed by atoms with Crippen LogP contribution in [0.2, 0.25) is 0 Å². The average Bonchev–Trinajstić information content (AvgIpc) is 3.02. The van der Waals surface area contributed by atoms with E-state index in [1.807, 2.05) is 17.3 Å². The molecule has 0 radical (unpaired) electrons. The zero-order valence-electron chi connectivity index (χ0n) is 13.7. The molecule has 1 amide bonds. The molecule has 1 aromatic heterocycles. The molecule has 124 valence electrons. The van der Waals surface area contributed by atoms with Gasteiger partial charge in [-0.2, -0.15) is 0 Å². The fourth-order valence-corrected chi connectivity index (χ4v) is 3.18. The minimum absolute atomic E-state index is 0.0679. The Labute approximate surface area is 141 Å². The van der Waals surface area contributed by atoms with Crippen molar-refractivity contribution < 1.29 is 4.79 Å². The van der Waals surface area contributed by atoms with Gasteiger partial charge in [0, 0.05) is 50.2 Å². The van der Waals surface area contributed by atoms with E-state index in [1.54, 1.807) is 24.5 Å². The molecule has 3 aliphatic heterocycles. The highest BCUT2D eigenvalue weighted by atomic mass is 16.2. The zero-order valence-corrected chi connectivity index (χ0v) is 13.7. The van der Waals surface area contributed by atoms with Crippen LogP contribution in [0.4, 0.5) is 0 Å². The molecular formula is C17H20N6O. The maximum atomic E-state index is 12.5. The summed E-state index contributed by atoms with van der Waals surface area (Å²) in [6.07, 6.45) is 7.23. The Morgan fingerprint density at radius 2 is 1.92 bits per heavy atom. The first kappa shape index (κ1) is 14.9. The third-order valence-electron chi connectivity index (χ3n) is 4.65. The Hall–Kier alpha value is -2.70. The van der Waals surface area contributed by atoms with Crippen LogP contribution in [0.3, 0.4) is 0 Å². The topological polar surface area (TPSA) is 64.4 Å². The molecule has 0 aliphatic carbocycles. The van der Waals surface area contributed by atoms with Crippen LogP contribution >= 0.6 is 0 Å². The van der Waals surface area contributed by atoms with Crippen LogP contribution in [-0.4, -0.2) is 76.5 Å². The summed E-state index contributed by atoms with van der Waals surface area (Å²) in [6, 6.07) is 3.91. The molecule has 1 fully saturated rings. The minimum atomic E-state index is 0.0679. The molecule has 0 N–H and O–H groups in total. The molecule has 1 atom stereocenters. The van der Waals surface area contributed by atoms with Gasteiger partial charge in [-0.05, 0) is 19.1 Å². The number of rotatable bonds is 2. The summed E-state index contributed by atoms with van der Waals surface area (Å²) in [5.41, 5.74) is 0.693. The SMILES string of the molecule is CC1CN=C2C=C(N3CCN(C(=O)c4ccncc4)CC3)N=CN21. The van der Waals surface area contributed by atoms with E-state index in [0.29, 0.717) is 24.7 Å². The Morgan fingerprint density at radius 1 is 1.17 bits per heavy atom. The molecular weight excluding hydrogens is 304 g/mol. The summed E-state index contributed by atoms with van der Waals surface area (Å²) in [5, 5.41) is 0. The van der Waals surface area contributed by atoms with Crippen LogP contribution < -0.4 is 0 Å². The molecule has 24 heavy (non-hydrogen) atoms. The van der Waals surface area contributed by atoms with Crippen LogP contribution in [-0.2, 0) is 0 Å². The summed E-state index contributed by atoms with van der Waals surface area (Å²) >= 11 is 0. The number of amidine groups is 1. The third kappa shape index (κ3) is 2.66. The second-order valence-electron chi connectivity index (χ2n) is 6.22. The number of carbonyl (C=O) groups excluding carboxylic acids is 1. The van der Waals surface area contributed by atoms with E-state index in [2.05, 4.69) is 31.7 Å². The highest BCUT2D eigenvalue weighted by molar-refractivity contribution is 6.03. The average molecular weight is 324 g/mol. The van der Waals surface area contributed by atoms with Crippen molar-refractivity contribution in [2.75, 3.05) is 32.7 Å². The van der Waals surface area contributed by atoms with E-state index in [4.69, 9.17) is 0 Å². The van der Waals surface area contributed by atoms with Gasteiger partial charge < -0.3 is 14.7 Å². The maximum absolute atomic E-state index is 12.5. The molecule has 0 aromatic carbocycles. The van der Waals surface area contributed by atoms with Gasteiger partial charge >= 0.3 is 0 Å². The maximum Gasteiger partial charge on any atom is 0.254 e. The van der Waals surface area contributed by atoms with Crippen LogP contribution in [0.5, 0.6) is 0 Å². The van der Waals surface area contributed by atoms with Crippen molar-refractivity contribution in [3.8, 4) is 0 Å². The fraction of sp³-hybridized carbons (Fsp3) is 0.412. The fourth-order valence-electron chi connectivity index (χ4n) is 3.18. The lowest BCUT2D eigenvalue weighted by atomic mass is 10.2. The lowest BCUT2D eigenvalue weighted by Gasteiger charge is -2.37. The van der Waals surface area contributed by atoms with E-state index in [0.717, 1.165) is 31.3 Å². The number of pyridine rings is 1. The molecule has 7 heteroatoms. The van der Waals surface area contributed by atoms with Gasteiger partial charge in [0.15, 0.2) is 0 Å². The van der Waals surface area contributed by atoms with E-state index in [-0.39, 0.29) is 5.91 Å². The van der Waals surface area contributed by atoms with Gasteiger partial charge in [-0.25, -0.2) is 4.99 Å². The molecule has 1 aromatic rings. The van der Waals surface area contributed by atoms with Crippen molar-refractivity contribution in [2.24, 2.45) is 9.98 Å². The smallest absolute Gasteiger partial charge is 0.254 e. The minimum Gasteiger partial charge on any atom is -0.353 e. The first-order valence-corrected chi connectivity index (χ1v) is 8.25. The Kier molecular flexibility index (Phi) is 3.76. The van der Waals surface area contributed by atoms with Gasteiger partial charge in [0.2, 0.25) is 0 Å². The Morgan fingerprint density at radius 3 is 2.67 bits per heavy atom. The summed E-state index contributed by atoms with van der Waals surface area (Å²) in [6.45, 7) is 5.91. The molecule has 4 rings (SSSR count). The lowest BCUT2D eigenvalue weighted by Crippen LogP contribution is -2.48. The molecule has 0 bridgehead atoms. The summed E-state index contributed by atoms with van der Waals surface area (Å²) in [5.74, 6) is 2.00. The molecule has 0 spiro atoms. The highest BCUT2D eigenvalue weighted by Crippen LogP contribution is 2.19. The second kappa shape index (κ2) is 6.07. The van der Waals surface area contributed by atoms with Gasteiger partial charge in [0.25, 0.3) is 5.91 Å². The number of aliphatic imine (C=N–C) groups is 2. The summed E-state index contributed by atoms with van der Waals surface area (Å²) in [4.78, 5) is 31.8. The Bertz CT molecular complexity index is 718. The number of piperazine rings is 1. The normalized spacial score (nSPS) is 23.0. The summed E-state index contributed by atoms with van der Waals surface area (Å²) < 4.78 is 0. The number of carbonyl (C=O) groups is 1. The third-order valence-corrected chi connectivity index (χ3v) is 4.65. The quantitative estimate of drug-likeness (QED) is 0.808. The van der Waals surface area contributed by atoms with Gasteiger partial charge in [-0.15, -0.1) is 0 Å².